The van der Waals surface area contributed by atoms with Crippen molar-refractivity contribution in [2.75, 3.05) is 19.7 Å². The normalized spacial score (nSPS) is 22.5. The van der Waals surface area contributed by atoms with E-state index in [1.807, 2.05) is 10.9 Å². The molecular formula is C19H25FN4O2. The maximum absolute atomic E-state index is 13.8. The van der Waals surface area contributed by atoms with Crippen LogP contribution in [0.4, 0.5) is 4.39 Å². The quantitative estimate of drug-likeness (QED) is 0.821. The number of ether oxygens (including phenoxy) is 2. The van der Waals surface area contributed by atoms with Gasteiger partial charge in [0.15, 0.2) is 5.82 Å². The topological polar surface area (TPSA) is 52.4 Å². The Kier molecular flexibility index (Phi) is 4.67. The van der Waals surface area contributed by atoms with Gasteiger partial charge in [-0.3, -0.25) is 9.58 Å². The van der Waals surface area contributed by atoms with Gasteiger partial charge in [0.25, 0.3) is 5.88 Å². The van der Waals surface area contributed by atoms with Gasteiger partial charge in [0, 0.05) is 56.5 Å². The van der Waals surface area contributed by atoms with E-state index in [0.717, 1.165) is 32.5 Å². The largest absolute Gasteiger partial charge is 0.472 e. The summed E-state index contributed by atoms with van der Waals surface area (Å²) >= 11 is 0. The van der Waals surface area contributed by atoms with Crippen LogP contribution in [0.1, 0.15) is 38.3 Å². The molecule has 140 valence electrons. The molecule has 0 aliphatic carbocycles. The van der Waals surface area contributed by atoms with Gasteiger partial charge in [-0.1, -0.05) is 0 Å². The van der Waals surface area contributed by atoms with Crippen molar-refractivity contribution in [3.63, 3.8) is 0 Å². The lowest BCUT2D eigenvalue weighted by atomic mass is 9.84. The maximum atomic E-state index is 13.8. The first-order valence-corrected chi connectivity index (χ1v) is 9.19. The number of likely N-dealkylation sites (tertiary alicyclic amines) is 1. The van der Waals surface area contributed by atoms with E-state index in [2.05, 4.69) is 35.0 Å². The van der Waals surface area contributed by atoms with Crippen LogP contribution in [0.25, 0.3) is 0 Å². The molecule has 2 aromatic heterocycles. The van der Waals surface area contributed by atoms with Crippen molar-refractivity contribution in [2.24, 2.45) is 0 Å². The van der Waals surface area contributed by atoms with Gasteiger partial charge < -0.3 is 9.47 Å². The lowest BCUT2D eigenvalue weighted by molar-refractivity contribution is -0.188. The van der Waals surface area contributed by atoms with Gasteiger partial charge in [0.2, 0.25) is 0 Å². The van der Waals surface area contributed by atoms with Crippen LogP contribution in [-0.2, 0) is 11.3 Å². The Balaban J connectivity index is 1.32. The molecule has 1 atom stereocenters. The molecule has 0 N–H and O–H groups in total. The highest BCUT2D eigenvalue weighted by Crippen LogP contribution is 2.36. The van der Waals surface area contributed by atoms with Crippen LogP contribution in [0.3, 0.4) is 0 Å². The van der Waals surface area contributed by atoms with Crippen molar-refractivity contribution in [3.05, 3.63) is 42.1 Å². The van der Waals surface area contributed by atoms with Crippen molar-refractivity contribution < 1.29 is 13.9 Å². The zero-order valence-corrected chi connectivity index (χ0v) is 15.3. The number of halogens is 1. The molecule has 0 amide bonds. The lowest BCUT2D eigenvalue weighted by Crippen LogP contribution is -2.65. The van der Waals surface area contributed by atoms with Crippen molar-refractivity contribution in [3.8, 4) is 5.88 Å². The molecule has 2 aliphatic heterocycles. The zero-order chi connectivity index (χ0) is 18.1. The van der Waals surface area contributed by atoms with Crippen LogP contribution < -0.4 is 4.74 Å². The number of rotatable bonds is 5. The minimum atomic E-state index is -0.412. The van der Waals surface area contributed by atoms with Crippen LogP contribution in [0.15, 0.2) is 30.7 Å². The summed E-state index contributed by atoms with van der Waals surface area (Å²) in [6, 6.07) is 3.32. The summed E-state index contributed by atoms with van der Waals surface area (Å²) in [5.74, 6) is -0.322. The molecule has 0 aromatic carbocycles. The number of nitrogens with zero attached hydrogens (tertiary/aromatic N) is 4. The minimum absolute atomic E-state index is 0.0565. The summed E-state index contributed by atoms with van der Waals surface area (Å²) in [6.07, 6.45) is 7.06. The molecule has 0 bridgehead atoms. The van der Waals surface area contributed by atoms with E-state index in [0.29, 0.717) is 12.6 Å². The Morgan fingerprint density at radius 2 is 2.27 bits per heavy atom. The third-order valence-electron chi connectivity index (χ3n) is 5.06. The van der Waals surface area contributed by atoms with E-state index in [9.17, 15) is 4.39 Å². The first kappa shape index (κ1) is 17.4. The fourth-order valence-electron chi connectivity index (χ4n) is 3.80. The molecule has 2 saturated heterocycles. The molecule has 6 nitrogen and oxygen atoms in total. The molecule has 4 rings (SSSR count). The second-order valence-corrected chi connectivity index (χ2v) is 7.62. The minimum Gasteiger partial charge on any atom is -0.472 e. The predicted octanol–water partition coefficient (Wildman–Crippen LogP) is 2.81. The smallest absolute Gasteiger partial charge is 0.250 e. The Labute approximate surface area is 152 Å². The van der Waals surface area contributed by atoms with E-state index in [1.54, 1.807) is 12.3 Å². The number of pyridine rings is 1. The summed E-state index contributed by atoms with van der Waals surface area (Å²) < 4.78 is 27.6. The highest BCUT2D eigenvalue weighted by atomic mass is 19.1. The fourth-order valence-corrected chi connectivity index (χ4v) is 3.80. The van der Waals surface area contributed by atoms with Gasteiger partial charge >= 0.3 is 0 Å². The molecule has 1 spiro atoms. The zero-order valence-electron chi connectivity index (χ0n) is 15.3. The number of aromatic nitrogens is 3. The average molecular weight is 360 g/mol. The first-order valence-electron chi connectivity index (χ1n) is 9.19. The number of hydrogen-bond donors (Lipinski definition) is 0. The highest BCUT2D eigenvalue weighted by molar-refractivity contribution is 5.14. The third kappa shape index (κ3) is 3.59. The summed E-state index contributed by atoms with van der Waals surface area (Å²) in [7, 11) is 0. The van der Waals surface area contributed by atoms with Crippen molar-refractivity contribution in [2.45, 2.75) is 51.0 Å². The van der Waals surface area contributed by atoms with Crippen molar-refractivity contribution >= 4 is 0 Å². The highest BCUT2D eigenvalue weighted by Gasteiger charge is 2.48. The molecule has 2 fully saturated rings. The SMILES string of the molecule is CC(C)n1cc(CN2CC3(C[C@@H](Oc4ncccc4F)CCO3)C2)cn1. The molecule has 0 radical (unpaired) electrons. The first-order chi connectivity index (χ1) is 12.5. The molecule has 4 heterocycles. The van der Waals surface area contributed by atoms with Crippen molar-refractivity contribution in [1.29, 1.82) is 0 Å². The van der Waals surface area contributed by atoms with Crippen LogP contribution >= 0.6 is 0 Å². The van der Waals surface area contributed by atoms with Crippen LogP contribution in [0, 0.1) is 5.82 Å². The van der Waals surface area contributed by atoms with Crippen LogP contribution in [0.2, 0.25) is 0 Å². The van der Waals surface area contributed by atoms with Gasteiger partial charge in [-0.05, 0) is 26.0 Å². The maximum Gasteiger partial charge on any atom is 0.250 e. The van der Waals surface area contributed by atoms with Gasteiger partial charge in [0.05, 0.1) is 18.4 Å². The molecule has 7 heteroatoms. The van der Waals surface area contributed by atoms with E-state index >= 15 is 0 Å². The Morgan fingerprint density at radius 1 is 1.42 bits per heavy atom. The fraction of sp³-hybridized carbons (Fsp3) is 0.579. The predicted molar refractivity (Wildman–Crippen MR) is 94.4 cm³/mol. The molecule has 0 unspecified atom stereocenters. The van der Waals surface area contributed by atoms with Crippen LogP contribution in [0.5, 0.6) is 5.88 Å². The van der Waals surface area contributed by atoms with Crippen LogP contribution in [-0.4, -0.2) is 51.1 Å². The van der Waals surface area contributed by atoms with Gasteiger partial charge in [-0.2, -0.15) is 5.10 Å². The Hall–Kier alpha value is -1.99. The van der Waals surface area contributed by atoms with E-state index in [-0.39, 0.29) is 17.6 Å². The Morgan fingerprint density at radius 3 is 3.00 bits per heavy atom. The monoisotopic (exact) mass is 360 g/mol. The van der Waals surface area contributed by atoms with Gasteiger partial charge in [-0.15, -0.1) is 0 Å². The second kappa shape index (κ2) is 6.96. The second-order valence-electron chi connectivity index (χ2n) is 7.62. The van der Waals surface area contributed by atoms with E-state index < -0.39 is 5.82 Å². The average Bonchev–Trinajstić information content (AvgIpc) is 3.05. The third-order valence-corrected chi connectivity index (χ3v) is 5.06. The standard InChI is InChI=1S/C19H25FN4O2/c1-14(2)24-11-15(9-22-24)10-23-12-19(13-23)8-16(5-7-25-19)26-18-17(20)4-3-6-21-18/h3-4,6,9,11,14,16H,5,7-8,10,12-13H2,1-2H3/t16-/m0/s1. The van der Waals surface area contributed by atoms with Gasteiger partial charge in [-0.25, -0.2) is 9.37 Å². The summed E-state index contributed by atoms with van der Waals surface area (Å²) in [5.41, 5.74) is 1.04. The van der Waals surface area contributed by atoms with E-state index in [1.165, 1.54) is 11.6 Å². The van der Waals surface area contributed by atoms with E-state index in [4.69, 9.17) is 9.47 Å². The summed E-state index contributed by atoms with van der Waals surface area (Å²) in [6.45, 7) is 7.48. The Bertz CT molecular complexity index is 758. The number of hydrogen-bond acceptors (Lipinski definition) is 5. The van der Waals surface area contributed by atoms with Gasteiger partial charge in [0.1, 0.15) is 6.10 Å². The molecular weight excluding hydrogens is 335 g/mol. The summed E-state index contributed by atoms with van der Waals surface area (Å²) in [5, 5.41) is 4.39. The summed E-state index contributed by atoms with van der Waals surface area (Å²) in [4.78, 5) is 6.35. The molecule has 2 aliphatic rings. The molecule has 26 heavy (non-hydrogen) atoms. The molecule has 2 aromatic rings. The van der Waals surface area contributed by atoms with Crippen molar-refractivity contribution in [1.82, 2.24) is 19.7 Å². The lowest BCUT2D eigenvalue weighted by Gasteiger charge is -2.53. The molecule has 0 saturated carbocycles.